The predicted molar refractivity (Wildman–Crippen MR) is 197 cm³/mol. The lowest BCUT2D eigenvalue weighted by Gasteiger charge is -2.36. The smallest absolute Gasteiger partial charge is 0.344 e. The molecule has 2 aliphatic rings. The molecule has 0 radical (unpaired) electrons. The van der Waals surface area contributed by atoms with Gasteiger partial charge in [-0.25, -0.2) is 9.64 Å². The first-order valence-corrected chi connectivity index (χ1v) is 17.5. The molecule has 0 unspecified atom stereocenters. The highest BCUT2D eigenvalue weighted by Crippen LogP contribution is 2.51. The summed E-state index contributed by atoms with van der Waals surface area (Å²) in [5.41, 5.74) is 8.20. The third-order valence-electron chi connectivity index (χ3n) is 9.80. The van der Waals surface area contributed by atoms with Gasteiger partial charge in [0.25, 0.3) is 0 Å². The summed E-state index contributed by atoms with van der Waals surface area (Å²) in [5, 5.41) is 2.55. The lowest BCUT2D eigenvalue weighted by molar-refractivity contribution is 0.105. The molecule has 1 aromatic heterocycles. The van der Waals surface area contributed by atoms with Gasteiger partial charge in [0.15, 0.2) is 5.69 Å². The molecule has 7 rings (SSSR count). The largest absolute Gasteiger partial charge is 0.483 e. The molecular formula is C43H47NO4. The van der Waals surface area contributed by atoms with Crippen LogP contribution < -0.4 is 15.1 Å². The molecule has 0 bridgehead atoms. The number of ether oxygens (including phenoxy) is 2. The first-order chi connectivity index (χ1) is 23.0. The summed E-state index contributed by atoms with van der Waals surface area (Å²) in [6.45, 7) is 22.4. The Morgan fingerprint density at radius 1 is 0.708 bits per heavy atom. The van der Waals surface area contributed by atoms with Gasteiger partial charge >= 0.3 is 5.63 Å². The maximum Gasteiger partial charge on any atom is 0.344 e. The van der Waals surface area contributed by atoms with Crippen molar-refractivity contribution in [2.45, 2.75) is 111 Å². The van der Waals surface area contributed by atoms with Crippen LogP contribution in [-0.4, -0.2) is 0 Å². The maximum absolute atomic E-state index is 12.5. The monoisotopic (exact) mass is 641 g/mol. The van der Waals surface area contributed by atoms with E-state index >= 15 is 0 Å². The van der Waals surface area contributed by atoms with Crippen LogP contribution in [0.25, 0.3) is 37.7 Å². The molecule has 0 N–H and O–H groups in total. The maximum atomic E-state index is 12.5. The molecule has 0 spiro atoms. The summed E-state index contributed by atoms with van der Waals surface area (Å²) in [6, 6.07) is 20.3. The summed E-state index contributed by atoms with van der Waals surface area (Å²) < 4.78 is 18.3. The van der Waals surface area contributed by atoms with E-state index in [1.54, 1.807) is 0 Å². The second-order valence-electron chi connectivity index (χ2n) is 14.3. The van der Waals surface area contributed by atoms with Crippen LogP contribution in [0.1, 0.15) is 108 Å². The number of fused-ring (bicyclic) bond motifs is 3. The second kappa shape index (κ2) is 13.2. The Labute approximate surface area is 284 Å². The normalized spacial score (nSPS) is 14.7. The van der Waals surface area contributed by atoms with Crippen molar-refractivity contribution >= 4 is 27.4 Å². The van der Waals surface area contributed by atoms with Gasteiger partial charge in [-0.1, -0.05) is 75.9 Å². The van der Waals surface area contributed by atoms with Gasteiger partial charge < -0.3 is 13.9 Å². The number of hydrogen-bond donors (Lipinski definition) is 0. The minimum Gasteiger partial charge on any atom is -0.483 e. The average Bonchev–Trinajstić information content (AvgIpc) is 3.04. The summed E-state index contributed by atoms with van der Waals surface area (Å²) in [6.07, 6.45) is 9.28. The van der Waals surface area contributed by atoms with Crippen LogP contribution in [0.2, 0.25) is 0 Å². The molecule has 248 valence electrons. The molecule has 5 heteroatoms. The summed E-state index contributed by atoms with van der Waals surface area (Å²) in [5.74, 6) is 1.76. The Bertz CT molecular complexity index is 2110. The third kappa shape index (κ3) is 6.10. The second-order valence-corrected chi connectivity index (χ2v) is 14.3. The van der Waals surface area contributed by atoms with Gasteiger partial charge in [-0.05, 0) is 112 Å². The highest BCUT2D eigenvalue weighted by atomic mass is 16.5. The number of unbranched alkanes of at least 4 members (excludes halogenated alkanes) is 4. The van der Waals surface area contributed by atoms with Gasteiger partial charge in [0.05, 0.1) is 17.3 Å². The molecule has 2 aliphatic heterocycles. The Hall–Kier alpha value is -4.56. The lowest BCUT2D eigenvalue weighted by Crippen LogP contribution is -2.29. The first-order valence-electron chi connectivity index (χ1n) is 17.5. The van der Waals surface area contributed by atoms with Crippen LogP contribution in [0.15, 0.2) is 69.9 Å². The number of rotatable bonds is 8. The SMILES string of the molecule is CCCCCc1cc2c3c(c1)oc(=O)c1cccc(c13)C(C)(C)O2.[C-]#[N+]c1cccc2c1-c1c(C)cc(CCCCC)cc1OC2(C)C. The zero-order valence-corrected chi connectivity index (χ0v) is 29.5. The Morgan fingerprint density at radius 2 is 1.31 bits per heavy atom. The minimum atomic E-state index is -0.463. The van der Waals surface area contributed by atoms with E-state index in [0.717, 1.165) is 63.8 Å². The lowest BCUT2D eigenvalue weighted by atomic mass is 9.83. The first kappa shape index (κ1) is 33.3. The summed E-state index contributed by atoms with van der Waals surface area (Å²) in [4.78, 5) is 16.2. The summed E-state index contributed by atoms with van der Waals surface area (Å²) >= 11 is 0. The van der Waals surface area contributed by atoms with Gasteiger partial charge in [0.1, 0.15) is 28.3 Å². The van der Waals surface area contributed by atoms with Crippen molar-refractivity contribution in [3.63, 3.8) is 0 Å². The number of hydrogen-bond acceptors (Lipinski definition) is 4. The van der Waals surface area contributed by atoms with Crippen molar-refractivity contribution in [2.24, 2.45) is 0 Å². The van der Waals surface area contributed by atoms with E-state index in [1.165, 1.54) is 48.8 Å². The fourth-order valence-corrected chi connectivity index (χ4v) is 7.43. The van der Waals surface area contributed by atoms with Crippen molar-refractivity contribution in [2.75, 3.05) is 0 Å². The Morgan fingerprint density at radius 3 is 2.00 bits per heavy atom. The number of nitrogens with zero attached hydrogens (tertiary/aromatic N) is 1. The van der Waals surface area contributed by atoms with E-state index in [4.69, 9.17) is 20.5 Å². The van der Waals surface area contributed by atoms with Crippen LogP contribution in [0.4, 0.5) is 5.69 Å². The van der Waals surface area contributed by atoms with Crippen molar-refractivity contribution < 1.29 is 13.9 Å². The molecule has 0 saturated heterocycles. The topological polar surface area (TPSA) is 53.0 Å². The molecule has 48 heavy (non-hydrogen) atoms. The molecule has 5 nitrogen and oxygen atoms in total. The van der Waals surface area contributed by atoms with E-state index in [9.17, 15) is 4.79 Å². The Kier molecular flexibility index (Phi) is 9.14. The van der Waals surface area contributed by atoms with Gasteiger partial charge in [-0.2, -0.15) is 0 Å². The molecule has 4 aromatic carbocycles. The zero-order valence-electron chi connectivity index (χ0n) is 29.5. The molecule has 0 amide bonds. The van der Waals surface area contributed by atoms with Crippen LogP contribution in [0.3, 0.4) is 0 Å². The minimum absolute atomic E-state index is 0.270. The standard InChI is InChI=1S/C22H25NO.C21H22O3/c1-6-7-8-10-16-13-15(2)20-19(14-16)24-22(3,4)17-11-9-12-18(23-5)21(17)20;1-4-5-6-8-13-11-16-19-17(12-13)24-21(2,3)15-10-7-9-14(18(15)19)20(22)23-16/h9,11-14H,6-8,10H2,1-4H3;7,9-12H,4-6,8H2,1-3H3. The van der Waals surface area contributed by atoms with Crippen molar-refractivity contribution in [3.05, 3.63) is 110 Å². The Balaban J connectivity index is 0.000000167. The van der Waals surface area contributed by atoms with Crippen LogP contribution in [-0.2, 0) is 24.0 Å². The van der Waals surface area contributed by atoms with E-state index in [0.29, 0.717) is 16.7 Å². The van der Waals surface area contributed by atoms with E-state index in [-0.39, 0.29) is 5.63 Å². The highest BCUT2D eigenvalue weighted by Gasteiger charge is 2.35. The molecule has 5 aromatic rings. The highest BCUT2D eigenvalue weighted by molar-refractivity contribution is 6.10. The van der Waals surface area contributed by atoms with Crippen molar-refractivity contribution in [1.82, 2.24) is 0 Å². The van der Waals surface area contributed by atoms with E-state index in [2.05, 4.69) is 77.6 Å². The fraction of sp³-hybridized carbons (Fsp3) is 0.395. The average molecular weight is 642 g/mol. The molecule has 0 saturated carbocycles. The van der Waals surface area contributed by atoms with Gasteiger partial charge in [-0.3, -0.25) is 0 Å². The molecule has 0 atom stereocenters. The van der Waals surface area contributed by atoms with Crippen molar-refractivity contribution in [1.29, 1.82) is 0 Å². The zero-order chi connectivity index (χ0) is 34.2. The van der Waals surface area contributed by atoms with Gasteiger partial charge in [0.2, 0.25) is 0 Å². The summed E-state index contributed by atoms with van der Waals surface area (Å²) in [7, 11) is 0. The van der Waals surface area contributed by atoms with Crippen LogP contribution in [0, 0.1) is 13.5 Å². The van der Waals surface area contributed by atoms with Gasteiger partial charge in [-0.15, -0.1) is 0 Å². The quantitative estimate of drug-likeness (QED) is 0.0732. The number of benzene rings is 4. The van der Waals surface area contributed by atoms with Crippen LogP contribution in [0.5, 0.6) is 11.5 Å². The van der Waals surface area contributed by atoms with E-state index < -0.39 is 11.2 Å². The van der Waals surface area contributed by atoms with Crippen LogP contribution >= 0.6 is 0 Å². The number of aryl methyl sites for hydroxylation is 3. The van der Waals surface area contributed by atoms with Gasteiger partial charge in [0, 0.05) is 16.5 Å². The van der Waals surface area contributed by atoms with E-state index in [1.807, 2.05) is 36.4 Å². The predicted octanol–water partition coefficient (Wildman–Crippen LogP) is 11.9. The fourth-order valence-electron chi connectivity index (χ4n) is 7.43. The molecule has 3 heterocycles. The third-order valence-corrected chi connectivity index (χ3v) is 9.80. The molecule has 0 fully saturated rings. The van der Waals surface area contributed by atoms with Crippen molar-refractivity contribution in [3.8, 4) is 22.6 Å². The molecular weight excluding hydrogens is 594 g/mol. The molecule has 0 aliphatic carbocycles.